The predicted octanol–water partition coefficient (Wildman–Crippen LogP) is 4.39. The van der Waals surface area contributed by atoms with Gasteiger partial charge in [0.2, 0.25) is 0 Å². The molecule has 1 aliphatic heterocycles. The van der Waals surface area contributed by atoms with Crippen LogP contribution in [0.5, 0.6) is 11.5 Å². The number of carbonyl (C=O) groups excluding carboxylic acids is 2. The van der Waals surface area contributed by atoms with Crippen molar-refractivity contribution in [1.82, 2.24) is 10.3 Å². The lowest BCUT2D eigenvalue weighted by atomic mass is 10.1. The molecule has 0 radical (unpaired) electrons. The molecule has 2 amide bonds. The van der Waals surface area contributed by atoms with Crippen LogP contribution in [0.2, 0.25) is 10.2 Å². The number of nitrogens with zero attached hydrogens (tertiary/aromatic N) is 2. The summed E-state index contributed by atoms with van der Waals surface area (Å²) in [7, 11) is 3.05. The van der Waals surface area contributed by atoms with Crippen molar-refractivity contribution in [1.29, 1.82) is 0 Å². The van der Waals surface area contributed by atoms with Crippen molar-refractivity contribution < 1.29 is 19.1 Å². The summed E-state index contributed by atoms with van der Waals surface area (Å²) in [5, 5.41) is 3.81. The molecule has 1 aromatic heterocycles. The van der Waals surface area contributed by atoms with E-state index in [9.17, 15) is 9.59 Å². The zero-order valence-corrected chi connectivity index (χ0v) is 19.1. The van der Waals surface area contributed by atoms with Crippen LogP contribution in [0.1, 0.15) is 5.56 Å². The number of fused-ring (bicyclic) bond motifs is 1. The van der Waals surface area contributed by atoms with Gasteiger partial charge in [0.05, 0.1) is 25.4 Å². The number of methoxy groups -OCH3 is 2. The Balaban J connectivity index is 1.79. The molecular weight excluding hydrogens is 473 g/mol. The molecule has 1 fully saturated rings. The SMILES string of the molecule is COc1cc2cc(/C=C3\C(=O)NC(=S)N(c4ccc(Cl)cc4)C3=O)c(Cl)nc2cc1OC. The van der Waals surface area contributed by atoms with Crippen molar-refractivity contribution in [3.8, 4) is 11.5 Å². The largest absolute Gasteiger partial charge is 0.493 e. The molecule has 3 aromatic rings. The molecular formula is C22H15Cl2N3O4S. The van der Waals surface area contributed by atoms with Crippen LogP contribution in [0.15, 0.2) is 48.0 Å². The highest BCUT2D eigenvalue weighted by Crippen LogP contribution is 2.34. The maximum absolute atomic E-state index is 13.2. The van der Waals surface area contributed by atoms with Gasteiger partial charge in [0.1, 0.15) is 10.7 Å². The van der Waals surface area contributed by atoms with Crippen molar-refractivity contribution in [3.05, 3.63) is 63.8 Å². The van der Waals surface area contributed by atoms with Crippen LogP contribution in [0.25, 0.3) is 17.0 Å². The molecule has 0 spiro atoms. The number of rotatable bonds is 4. The summed E-state index contributed by atoms with van der Waals surface area (Å²) in [4.78, 5) is 31.3. The van der Waals surface area contributed by atoms with Crippen LogP contribution in [0.4, 0.5) is 5.69 Å². The molecule has 0 bridgehead atoms. The number of benzene rings is 2. The number of nitrogens with one attached hydrogen (secondary N) is 1. The van der Waals surface area contributed by atoms with Gasteiger partial charge in [0.25, 0.3) is 11.8 Å². The maximum atomic E-state index is 13.2. The maximum Gasteiger partial charge on any atom is 0.270 e. The van der Waals surface area contributed by atoms with Crippen molar-refractivity contribution in [2.24, 2.45) is 0 Å². The normalized spacial score (nSPS) is 15.3. The van der Waals surface area contributed by atoms with Crippen LogP contribution in [0, 0.1) is 0 Å². The Morgan fingerprint density at radius 3 is 2.34 bits per heavy atom. The summed E-state index contributed by atoms with van der Waals surface area (Å²) in [6.45, 7) is 0. The van der Waals surface area contributed by atoms with Gasteiger partial charge in [-0.2, -0.15) is 0 Å². The van der Waals surface area contributed by atoms with E-state index in [0.717, 1.165) is 0 Å². The van der Waals surface area contributed by atoms with Crippen LogP contribution >= 0.6 is 35.4 Å². The number of aromatic nitrogens is 1. The van der Waals surface area contributed by atoms with E-state index in [4.69, 9.17) is 44.9 Å². The van der Waals surface area contributed by atoms with Crippen LogP contribution in [-0.2, 0) is 9.59 Å². The number of amides is 2. The second kappa shape index (κ2) is 8.74. The number of carbonyl (C=O) groups is 2. The van der Waals surface area contributed by atoms with Gasteiger partial charge in [-0.15, -0.1) is 0 Å². The highest BCUT2D eigenvalue weighted by Gasteiger charge is 2.34. The van der Waals surface area contributed by atoms with E-state index in [1.165, 1.54) is 25.2 Å². The Hall–Kier alpha value is -3.20. The van der Waals surface area contributed by atoms with Crippen LogP contribution in [-0.4, -0.2) is 36.1 Å². The first-order valence-electron chi connectivity index (χ1n) is 9.21. The van der Waals surface area contributed by atoms with Gasteiger partial charge in [-0.05, 0) is 54.7 Å². The fourth-order valence-corrected chi connectivity index (χ4v) is 3.84. The average molecular weight is 488 g/mol. The molecule has 2 aromatic carbocycles. The Kier molecular flexibility index (Phi) is 6.01. The first kappa shape index (κ1) is 22.0. The van der Waals surface area contributed by atoms with Gasteiger partial charge in [-0.1, -0.05) is 23.2 Å². The number of hydrogen-bond donors (Lipinski definition) is 1. The summed E-state index contributed by atoms with van der Waals surface area (Å²) in [6, 6.07) is 11.6. The summed E-state index contributed by atoms with van der Waals surface area (Å²) < 4.78 is 10.6. The van der Waals surface area contributed by atoms with Crippen molar-refractivity contribution in [2.75, 3.05) is 19.1 Å². The summed E-state index contributed by atoms with van der Waals surface area (Å²) in [5.41, 5.74) is 1.28. The fourth-order valence-electron chi connectivity index (χ4n) is 3.23. The van der Waals surface area contributed by atoms with Crippen molar-refractivity contribution >= 4 is 75.0 Å². The molecule has 7 nitrogen and oxygen atoms in total. The minimum absolute atomic E-state index is 0.0287. The van der Waals surface area contributed by atoms with E-state index >= 15 is 0 Å². The standard InChI is InChI=1S/C22H15Cl2N3O4S/c1-30-17-9-11-7-12(19(24)25-16(11)10-18(17)31-2)8-15-20(28)26-22(32)27(21(15)29)14-5-3-13(23)4-6-14/h3-10H,1-2H3,(H,26,28,32)/b15-8+. The molecule has 1 N–H and O–H groups in total. The van der Waals surface area contributed by atoms with Gasteiger partial charge in [-0.3, -0.25) is 19.8 Å². The second-order valence-corrected chi connectivity index (χ2v) is 7.88. The highest BCUT2D eigenvalue weighted by atomic mass is 35.5. The van der Waals surface area contributed by atoms with E-state index in [1.54, 1.807) is 42.5 Å². The molecule has 2 heterocycles. The van der Waals surface area contributed by atoms with Gasteiger partial charge in [0, 0.05) is 22.0 Å². The number of ether oxygens (including phenoxy) is 2. The number of hydrogen-bond acceptors (Lipinski definition) is 6. The van der Waals surface area contributed by atoms with Crippen molar-refractivity contribution in [2.45, 2.75) is 0 Å². The van der Waals surface area contributed by atoms with Crippen LogP contribution < -0.4 is 19.7 Å². The molecule has 0 aliphatic carbocycles. The number of thiocarbonyl (C=S) groups is 1. The highest BCUT2D eigenvalue weighted by molar-refractivity contribution is 7.80. The Labute approximate surface area is 198 Å². The Bertz CT molecular complexity index is 1310. The van der Waals surface area contributed by atoms with Gasteiger partial charge in [0.15, 0.2) is 16.6 Å². The zero-order valence-electron chi connectivity index (χ0n) is 16.8. The molecule has 0 unspecified atom stereocenters. The summed E-state index contributed by atoms with van der Waals surface area (Å²) >= 11 is 17.5. The van der Waals surface area contributed by atoms with E-state index in [1.807, 2.05) is 0 Å². The van der Waals surface area contributed by atoms with Gasteiger partial charge >= 0.3 is 0 Å². The van der Waals surface area contributed by atoms with Gasteiger partial charge in [-0.25, -0.2) is 4.98 Å². The number of halogens is 2. The van der Waals surface area contributed by atoms with Crippen molar-refractivity contribution in [3.63, 3.8) is 0 Å². The molecule has 0 atom stereocenters. The molecule has 32 heavy (non-hydrogen) atoms. The lowest BCUT2D eigenvalue weighted by Crippen LogP contribution is -2.54. The summed E-state index contributed by atoms with van der Waals surface area (Å²) in [6.07, 6.45) is 1.38. The smallest absolute Gasteiger partial charge is 0.270 e. The lowest BCUT2D eigenvalue weighted by molar-refractivity contribution is -0.122. The third kappa shape index (κ3) is 4.00. The van der Waals surface area contributed by atoms with Gasteiger partial charge < -0.3 is 9.47 Å². The molecule has 1 aliphatic rings. The first-order chi connectivity index (χ1) is 15.3. The van der Waals surface area contributed by atoms with E-state index in [0.29, 0.717) is 38.7 Å². The zero-order chi connectivity index (χ0) is 23.0. The first-order valence-corrected chi connectivity index (χ1v) is 10.4. The number of pyridine rings is 1. The molecule has 10 heteroatoms. The summed E-state index contributed by atoms with van der Waals surface area (Å²) in [5.74, 6) is -0.213. The Morgan fingerprint density at radius 2 is 1.69 bits per heavy atom. The topological polar surface area (TPSA) is 80.8 Å². The average Bonchev–Trinajstić information content (AvgIpc) is 2.77. The van der Waals surface area contributed by atoms with E-state index < -0.39 is 11.8 Å². The number of anilines is 1. The lowest BCUT2D eigenvalue weighted by Gasteiger charge is -2.29. The second-order valence-electron chi connectivity index (χ2n) is 6.70. The monoisotopic (exact) mass is 487 g/mol. The van der Waals surface area contributed by atoms with E-state index in [-0.39, 0.29) is 15.8 Å². The van der Waals surface area contributed by atoms with E-state index in [2.05, 4.69) is 10.3 Å². The molecule has 162 valence electrons. The quantitative estimate of drug-likeness (QED) is 0.254. The van der Waals surface area contributed by atoms with Crippen LogP contribution in [0.3, 0.4) is 0 Å². The molecule has 0 saturated carbocycles. The minimum atomic E-state index is -0.631. The minimum Gasteiger partial charge on any atom is -0.493 e. The third-order valence-electron chi connectivity index (χ3n) is 4.79. The predicted molar refractivity (Wildman–Crippen MR) is 128 cm³/mol. The fraction of sp³-hybridized carbons (Fsp3) is 0.0909. The third-order valence-corrected chi connectivity index (χ3v) is 5.63. The molecule has 1 saturated heterocycles. The Morgan fingerprint density at radius 1 is 1.03 bits per heavy atom. The molecule has 4 rings (SSSR count).